The first-order valence-corrected chi connectivity index (χ1v) is 16.7. The lowest BCUT2D eigenvalue weighted by Gasteiger charge is -2.36. The van der Waals surface area contributed by atoms with Gasteiger partial charge in [0, 0.05) is 49.6 Å². The molecule has 270 valence electrons. The van der Waals surface area contributed by atoms with Gasteiger partial charge in [-0.3, -0.25) is 9.59 Å². The number of likely N-dealkylation sites (N-methyl/N-ethyl adjacent to an activating group) is 1. The third-order valence-electron chi connectivity index (χ3n) is 8.60. The van der Waals surface area contributed by atoms with Crippen LogP contribution in [-0.2, 0) is 10.9 Å². The van der Waals surface area contributed by atoms with Crippen LogP contribution in [-0.4, -0.2) is 84.4 Å². The molecular weight excluding hydrogens is 653 g/mol. The van der Waals surface area contributed by atoms with E-state index in [-0.39, 0.29) is 54.6 Å². The molecule has 0 aromatic heterocycles. The third kappa shape index (κ3) is 10.4. The molecule has 50 heavy (non-hydrogen) atoms. The molecular formula is C37H45F3N4O6. The van der Waals surface area contributed by atoms with E-state index in [1.807, 2.05) is 19.9 Å². The normalized spacial score (nSPS) is 19.7. The summed E-state index contributed by atoms with van der Waals surface area (Å²) in [7, 11) is 1.72. The predicted molar refractivity (Wildman–Crippen MR) is 184 cm³/mol. The van der Waals surface area contributed by atoms with Gasteiger partial charge < -0.3 is 35.0 Å². The highest BCUT2D eigenvalue weighted by atomic mass is 19.4. The molecule has 0 saturated heterocycles. The molecule has 13 heteroatoms. The summed E-state index contributed by atoms with van der Waals surface area (Å²) in [6.45, 7) is 6.15. The van der Waals surface area contributed by atoms with Crippen LogP contribution in [0.15, 0.2) is 72.8 Å². The fourth-order valence-electron chi connectivity index (χ4n) is 5.65. The number of halogens is 3. The van der Waals surface area contributed by atoms with Crippen molar-refractivity contribution in [2.75, 3.05) is 44.0 Å². The molecule has 3 aromatic rings. The Morgan fingerprint density at radius 1 is 1.00 bits per heavy atom. The van der Waals surface area contributed by atoms with Crippen LogP contribution in [0.5, 0.6) is 5.75 Å². The molecule has 3 N–H and O–H groups in total. The quantitative estimate of drug-likeness (QED) is 0.247. The molecule has 0 fully saturated rings. The Balaban J connectivity index is 1.59. The van der Waals surface area contributed by atoms with Gasteiger partial charge in [0.2, 0.25) is 0 Å². The van der Waals surface area contributed by atoms with Crippen LogP contribution >= 0.6 is 0 Å². The van der Waals surface area contributed by atoms with Crippen molar-refractivity contribution < 1.29 is 42.1 Å². The van der Waals surface area contributed by atoms with Gasteiger partial charge in [0.15, 0.2) is 0 Å². The summed E-state index contributed by atoms with van der Waals surface area (Å²) in [5, 5.41) is 15.3. The minimum Gasteiger partial charge on any atom is -0.490 e. The van der Waals surface area contributed by atoms with Gasteiger partial charge in [-0.05, 0) is 87.7 Å². The highest BCUT2D eigenvalue weighted by Gasteiger charge is 2.32. The second kappa shape index (κ2) is 17.3. The zero-order valence-corrected chi connectivity index (χ0v) is 28.7. The molecule has 1 heterocycles. The Hall–Kier alpha value is -4.62. The molecule has 0 unspecified atom stereocenters. The van der Waals surface area contributed by atoms with Gasteiger partial charge in [-0.15, -0.1) is 0 Å². The smallest absolute Gasteiger partial charge is 0.416 e. The summed E-state index contributed by atoms with van der Waals surface area (Å²) in [5.41, 5.74) is 0.251. The van der Waals surface area contributed by atoms with Crippen LogP contribution in [0.25, 0.3) is 0 Å². The molecule has 0 bridgehead atoms. The number of urea groups is 1. The Bertz CT molecular complexity index is 1590. The molecule has 0 radical (unpaired) electrons. The average Bonchev–Trinajstić information content (AvgIpc) is 3.09. The number of amides is 4. The Morgan fingerprint density at radius 2 is 1.66 bits per heavy atom. The molecule has 0 saturated carbocycles. The highest BCUT2D eigenvalue weighted by Crippen LogP contribution is 2.31. The Labute approximate surface area is 290 Å². The van der Waals surface area contributed by atoms with Crippen LogP contribution in [0.2, 0.25) is 0 Å². The molecule has 0 spiro atoms. The second-order valence-corrected chi connectivity index (χ2v) is 12.7. The van der Waals surface area contributed by atoms with Gasteiger partial charge in [-0.25, -0.2) is 4.79 Å². The summed E-state index contributed by atoms with van der Waals surface area (Å²) in [6, 6.07) is 16.3. The number of carbonyl (C=O) groups excluding carboxylic acids is 3. The van der Waals surface area contributed by atoms with Crippen molar-refractivity contribution in [1.82, 2.24) is 9.80 Å². The van der Waals surface area contributed by atoms with E-state index in [2.05, 4.69) is 10.6 Å². The summed E-state index contributed by atoms with van der Waals surface area (Å²) < 4.78 is 51.4. The minimum atomic E-state index is -4.51. The van der Waals surface area contributed by atoms with Crippen molar-refractivity contribution in [3.8, 4) is 5.75 Å². The Morgan fingerprint density at radius 3 is 2.32 bits per heavy atom. The topological polar surface area (TPSA) is 120 Å². The largest absolute Gasteiger partial charge is 0.490 e. The zero-order chi connectivity index (χ0) is 36.4. The maximum atomic E-state index is 14.3. The third-order valence-corrected chi connectivity index (χ3v) is 8.60. The SMILES string of the molecule is C[C@@H]1CCCCO[C@H](CN(C)C(=O)c2ccccc2)[C@@H](C)CN([C@@H](C)CO)C(=O)c2cc(NC(=O)Nc3ccc(C(F)(F)F)cc3)ccc2O1. The summed E-state index contributed by atoms with van der Waals surface area (Å²) >= 11 is 0. The monoisotopic (exact) mass is 698 g/mol. The number of hydrogen-bond donors (Lipinski definition) is 3. The van der Waals surface area contributed by atoms with Crippen LogP contribution in [0.4, 0.5) is 29.3 Å². The first-order chi connectivity index (χ1) is 23.8. The highest BCUT2D eigenvalue weighted by molar-refractivity contribution is 6.02. The van der Waals surface area contributed by atoms with Crippen LogP contribution < -0.4 is 15.4 Å². The lowest BCUT2D eigenvalue weighted by Crippen LogP contribution is -2.48. The standard InChI is InChI=1S/C37H45F3N4O6/c1-24-21-44(25(2)23-45)35(47)31-20-30(42-36(48)41-29-15-13-28(14-16-29)37(38,39)40)17-18-32(31)50-26(3)10-8-9-19-49-33(24)22-43(4)34(46)27-11-6-5-7-12-27/h5-7,11-18,20,24-26,33,45H,8-10,19,21-23H2,1-4H3,(H2,41,42,48)/t24-,25-,26+,33+/m0/s1. The van der Waals surface area contributed by atoms with Crippen LogP contribution in [0, 0.1) is 5.92 Å². The van der Waals surface area contributed by atoms with Gasteiger partial charge in [0.25, 0.3) is 11.8 Å². The van der Waals surface area contributed by atoms with Crippen molar-refractivity contribution in [2.24, 2.45) is 5.92 Å². The minimum absolute atomic E-state index is 0.145. The number of nitrogens with one attached hydrogen (secondary N) is 2. The first kappa shape index (κ1) is 38.2. The number of fused-ring (bicyclic) bond motifs is 1. The molecule has 1 aliphatic heterocycles. The summed E-state index contributed by atoms with van der Waals surface area (Å²) in [4.78, 5) is 43.5. The van der Waals surface area contributed by atoms with Gasteiger partial charge in [0.1, 0.15) is 5.75 Å². The average molecular weight is 699 g/mol. The van der Waals surface area contributed by atoms with E-state index in [1.54, 1.807) is 55.3 Å². The fraction of sp³-hybridized carbons (Fsp3) is 0.432. The molecule has 4 atom stereocenters. The van der Waals surface area contributed by atoms with E-state index in [4.69, 9.17) is 9.47 Å². The lowest BCUT2D eigenvalue weighted by molar-refractivity contribution is -0.137. The molecule has 0 aliphatic carbocycles. The van der Waals surface area contributed by atoms with Crippen molar-refractivity contribution in [3.63, 3.8) is 0 Å². The fourth-order valence-corrected chi connectivity index (χ4v) is 5.65. The van der Waals surface area contributed by atoms with Crippen molar-refractivity contribution >= 4 is 29.2 Å². The molecule has 4 rings (SSSR count). The lowest BCUT2D eigenvalue weighted by atomic mass is 10.0. The van der Waals surface area contributed by atoms with E-state index in [0.717, 1.165) is 37.1 Å². The number of aliphatic hydroxyl groups excluding tert-OH is 1. The van der Waals surface area contributed by atoms with Crippen molar-refractivity contribution in [2.45, 2.75) is 64.5 Å². The van der Waals surface area contributed by atoms with Crippen molar-refractivity contribution in [1.29, 1.82) is 0 Å². The molecule has 3 aromatic carbocycles. The van der Waals surface area contributed by atoms with E-state index in [0.29, 0.717) is 24.3 Å². The maximum Gasteiger partial charge on any atom is 0.416 e. The van der Waals surface area contributed by atoms with Crippen molar-refractivity contribution in [3.05, 3.63) is 89.5 Å². The van der Waals surface area contributed by atoms with Gasteiger partial charge in [0.05, 0.1) is 36.0 Å². The van der Waals surface area contributed by atoms with E-state index in [9.17, 15) is 32.7 Å². The number of anilines is 2. The number of carbonyl (C=O) groups is 3. The predicted octanol–water partition coefficient (Wildman–Crippen LogP) is 6.92. The molecule has 10 nitrogen and oxygen atoms in total. The van der Waals surface area contributed by atoms with E-state index in [1.165, 1.54) is 11.0 Å². The second-order valence-electron chi connectivity index (χ2n) is 12.7. The van der Waals surface area contributed by atoms with E-state index >= 15 is 0 Å². The van der Waals surface area contributed by atoms with Crippen LogP contribution in [0.1, 0.15) is 66.3 Å². The molecule has 1 aliphatic rings. The summed E-state index contributed by atoms with van der Waals surface area (Å²) in [5.74, 6) is -0.560. The summed E-state index contributed by atoms with van der Waals surface area (Å²) in [6.07, 6.45) is -2.97. The van der Waals surface area contributed by atoms with Gasteiger partial charge >= 0.3 is 12.2 Å². The molecule has 4 amide bonds. The number of ether oxygens (including phenoxy) is 2. The van der Waals surface area contributed by atoms with Gasteiger partial charge in [-0.1, -0.05) is 25.1 Å². The number of hydrogen-bond acceptors (Lipinski definition) is 6. The number of benzene rings is 3. The number of nitrogens with zero attached hydrogens (tertiary/aromatic N) is 2. The Kier molecular flexibility index (Phi) is 13.3. The maximum absolute atomic E-state index is 14.3. The number of alkyl halides is 3. The first-order valence-electron chi connectivity index (χ1n) is 16.7. The number of aliphatic hydroxyl groups is 1. The van der Waals surface area contributed by atoms with E-state index < -0.39 is 35.8 Å². The zero-order valence-electron chi connectivity index (χ0n) is 28.7. The van der Waals surface area contributed by atoms with Gasteiger partial charge in [-0.2, -0.15) is 13.2 Å². The number of rotatable bonds is 7. The van der Waals surface area contributed by atoms with Crippen LogP contribution in [0.3, 0.4) is 0 Å².